The molecule has 0 aliphatic heterocycles. The van der Waals surface area contributed by atoms with Crippen molar-refractivity contribution in [1.82, 2.24) is 4.98 Å². The Morgan fingerprint density at radius 2 is 2.37 bits per heavy atom. The number of hydrogen-bond acceptors (Lipinski definition) is 5. The molecule has 1 amide bonds. The number of nitrogens with two attached hydrogens (primary N) is 1. The molecule has 2 aromatic rings. The van der Waals surface area contributed by atoms with Crippen LogP contribution in [0.15, 0.2) is 29.8 Å². The zero-order valence-electron chi connectivity index (χ0n) is 10.6. The fourth-order valence-corrected chi connectivity index (χ4v) is 2.25. The highest BCUT2D eigenvalue weighted by molar-refractivity contribution is 7.12. The predicted molar refractivity (Wildman–Crippen MR) is 75.8 cm³/mol. The zero-order chi connectivity index (χ0) is 13.7. The first-order valence-electron chi connectivity index (χ1n) is 5.85. The lowest BCUT2D eigenvalue weighted by Crippen LogP contribution is -2.12. The minimum absolute atomic E-state index is 0.157. The highest BCUT2D eigenvalue weighted by atomic mass is 32.1. The Kier molecular flexibility index (Phi) is 4.48. The number of amides is 1. The molecule has 6 heteroatoms. The van der Waals surface area contributed by atoms with E-state index in [2.05, 4.69) is 10.3 Å². The molecular weight excluding hydrogens is 262 g/mol. The fraction of sp³-hybridized carbons (Fsp3) is 0.231. The number of hydrogen-bond donors (Lipinski definition) is 2. The van der Waals surface area contributed by atoms with Crippen LogP contribution in [-0.4, -0.2) is 24.0 Å². The molecule has 19 heavy (non-hydrogen) atoms. The Hall–Kier alpha value is -1.92. The van der Waals surface area contributed by atoms with E-state index in [0.29, 0.717) is 29.5 Å². The summed E-state index contributed by atoms with van der Waals surface area (Å²) in [6.45, 7) is 2.72. The van der Waals surface area contributed by atoms with Crippen LogP contribution >= 0.6 is 11.3 Å². The summed E-state index contributed by atoms with van der Waals surface area (Å²) in [4.78, 5) is 16.7. The third kappa shape index (κ3) is 3.52. The molecule has 0 radical (unpaired) electrons. The second-order valence-electron chi connectivity index (χ2n) is 3.89. The molecule has 1 heterocycles. The molecule has 0 fully saturated rings. The number of anilines is 1. The number of thiazole rings is 1. The van der Waals surface area contributed by atoms with E-state index in [0.717, 1.165) is 5.69 Å². The Bertz CT molecular complexity index is 569. The van der Waals surface area contributed by atoms with Gasteiger partial charge in [0.1, 0.15) is 17.2 Å². The largest absolute Gasteiger partial charge is 0.492 e. The van der Waals surface area contributed by atoms with Crippen molar-refractivity contribution >= 4 is 22.9 Å². The molecule has 5 nitrogen and oxygen atoms in total. The Morgan fingerprint density at radius 1 is 1.53 bits per heavy atom. The molecule has 0 spiro atoms. The van der Waals surface area contributed by atoms with Crippen molar-refractivity contribution in [2.45, 2.75) is 6.92 Å². The van der Waals surface area contributed by atoms with Gasteiger partial charge in [0.05, 0.1) is 11.2 Å². The van der Waals surface area contributed by atoms with E-state index in [1.165, 1.54) is 11.3 Å². The van der Waals surface area contributed by atoms with Crippen LogP contribution in [0.25, 0.3) is 0 Å². The van der Waals surface area contributed by atoms with E-state index in [4.69, 9.17) is 10.5 Å². The van der Waals surface area contributed by atoms with Crippen molar-refractivity contribution in [3.63, 3.8) is 0 Å². The van der Waals surface area contributed by atoms with Crippen LogP contribution in [0, 0.1) is 6.92 Å². The van der Waals surface area contributed by atoms with Crippen LogP contribution < -0.4 is 15.8 Å². The van der Waals surface area contributed by atoms with Crippen LogP contribution in [-0.2, 0) is 0 Å². The zero-order valence-corrected chi connectivity index (χ0v) is 11.4. The first kappa shape index (κ1) is 13.5. The lowest BCUT2D eigenvalue weighted by Gasteiger charge is -2.08. The number of carbonyl (C=O) groups excluding carboxylic acids is 1. The Morgan fingerprint density at radius 3 is 3.05 bits per heavy atom. The van der Waals surface area contributed by atoms with Crippen LogP contribution in [0.1, 0.15) is 15.4 Å². The van der Waals surface area contributed by atoms with Crippen molar-refractivity contribution in [2.24, 2.45) is 5.73 Å². The summed E-state index contributed by atoms with van der Waals surface area (Å²) in [5.41, 5.74) is 8.46. The lowest BCUT2D eigenvalue weighted by molar-refractivity contribution is 0.103. The van der Waals surface area contributed by atoms with Gasteiger partial charge in [-0.25, -0.2) is 4.98 Å². The number of carbonyl (C=O) groups is 1. The maximum atomic E-state index is 12.0. The molecule has 0 aliphatic carbocycles. The lowest BCUT2D eigenvalue weighted by atomic mass is 10.3. The number of aromatic nitrogens is 1. The summed E-state index contributed by atoms with van der Waals surface area (Å²) in [6, 6.07) is 7.22. The van der Waals surface area contributed by atoms with Gasteiger partial charge in [-0.1, -0.05) is 6.07 Å². The van der Waals surface area contributed by atoms with Crippen LogP contribution in [0.4, 0.5) is 5.69 Å². The summed E-state index contributed by atoms with van der Waals surface area (Å²) in [6.07, 6.45) is 0. The summed E-state index contributed by atoms with van der Waals surface area (Å²) in [5.74, 6) is 0.528. The van der Waals surface area contributed by atoms with Gasteiger partial charge in [0.25, 0.3) is 5.91 Å². The molecular formula is C13H15N3O2S. The highest BCUT2D eigenvalue weighted by Gasteiger charge is 2.11. The number of nitrogens with one attached hydrogen (secondary N) is 1. The topological polar surface area (TPSA) is 77.2 Å². The highest BCUT2D eigenvalue weighted by Crippen LogP contribution is 2.19. The number of aryl methyl sites for hydroxylation is 1. The van der Waals surface area contributed by atoms with Gasteiger partial charge < -0.3 is 15.8 Å². The van der Waals surface area contributed by atoms with Gasteiger partial charge in [0, 0.05) is 18.3 Å². The van der Waals surface area contributed by atoms with Gasteiger partial charge in [-0.05, 0) is 19.1 Å². The number of rotatable bonds is 5. The van der Waals surface area contributed by atoms with Crippen LogP contribution in [0.2, 0.25) is 0 Å². The number of benzene rings is 1. The standard InChI is InChI=1S/C13H15N3O2S/c1-9-12(19-8-15-9)13(17)16-10-3-2-4-11(7-10)18-6-5-14/h2-4,7-8H,5-6,14H2,1H3,(H,16,17). The smallest absolute Gasteiger partial charge is 0.267 e. The van der Waals surface area contributed by atoms with Crippen molar-refractivity contribution < 1.29 is 9.53 Å². The van der Waals surface area contributed by atoms with E-state index in [9.17, 15) is 4.79 Å². The average molecular weight is 277 g/mol. The quantitative estimate of drug-likeness (QED) is 0.876. The molecule has 2 rings (SSSR count). The Labute approximate surface area is 115 Å². The SMILES string of the molecule is Cc1ncsc1C(=O)Nc1cccc(OCCN)c1. The first-order chi connectivity index (χ1) is 9.20. The normalized spacial score (nSPS) is 10.2. The number of ether oxygens (including phenoxy) is 1. The van der Waals surface area contributed by atoms with Gasteiger partial charge in [-0.2, -0.15) is 0 Å². The predicted octanol–water partition coefficient (Wildman–Crippen LogP) is 2.04. The summed E-state index contributed by atoms with van der Waals surface area (Å²) in [7, 11) is 0. The molecule has 1 aromatic heterocycles. The molecule has 0 unspecified atom stereocenters. The minimum atomic E-state index is -0.157. The second kappa shape index (κ2) is 6.31. The Balaban J connectivity index is 2.07. The molecule has 0 saturated heterocycles. The molecule has 1 aromatic carbocycles. The molecule has 0 saturated carbocycles. The molecule has 0 bridgehead atoms. The average Bonchev–Trinajstić information content (AvgIpc) is 2.83. The number of nitrogens with zero attached hydrogens (tertiary/aromatic N) is 1. The first-order valence-corrected chi connectivity index (χ1v) is 6.73. The third-order valence-electron chi connectivity index (χ3n) is 2.43. The fourth-order valence-electron chi connectivity index (χ4n) is 1.55. The van der Waals surface area contributed by atoms with Gasteiger partial charge in [0.15, 0.2) is 0 Å². The van der Waals surface area contributed by atoms with Gasteiger partial charge >= 0.3 is 0 Å². The van der Waals surface area contributed by atoms with Crippen molar-refractivity contribution in [2.75, 3.05) is 18.5 Å². The monoisotopic (exact) mass is 277 g/mol. The maximum absolute atomic E-state index is 12.0. The summed E-state index contributed by atoms with van der Waals surface area (Å²) >= 11 is 1.32. The van der Waals surface area contributed by atoms with Crippen LogP contribution in [0.3, 0.4) is 0 Å². The van der Waals surface area contributed by atoms with E-state index >= 15 is 0 Å². The van der Waals surface area contributed by atoms with E-state index in [1.54, 1.807) is 11.6 Å². The molecule has 100 valence electrons. The maximum Gasteiger partial charge on any atom is 0.267 e. The van der Waals surface area contributed by atoms with E-state index in [1.807, 2.05) is 25.1 Å². The van der Waals surface area contributed by atoms with Crippen molar-refractivity contribution in [3.8, 4) is 5.75 Å². The van der Waals surface area contributed by atoms with Crippen molar-refractivity contribution in [3.05, 3.63) is 40.3 Å². The molecule has 0 atom stereocenters. The summed E-state index contributed by atoms with van der Waals surface area (Å²) in [5, 5.41) is 2.82. The van der Waals surface area contributed by atoms with E-state index in [-0.39, 0.29) is 5.91 Å². The van der Waals surface area contributed by atoms with Gasteiger partial charge in [-0.15, -0.1) is 11.3 Å². The minimum Gasteiger partial charge on any atom is -0.492 e. The molecule has 0 aliphatic rings. The van der Waals surface area contributed by atoms with Gasteiger partial charge in [-0.3, -0.25) is 4.79 Å². The van der Waals surface area contributed by atoms with E-state index < -0.39 is 0 Å². The third-order valence-corrected chi connectivity index (χ3v) is 3.36. The molecule has 3 N–H and O–H groups in total. The van der Waals surface area contributed by atoms with Crippen molar-refractivity contribution in [1.29, 1.82) is 0 Å². The second-order valence-corrected chi connectivity index (χ2v) is 4.74. The van der Waals surface area contributed by atoms with Crippen LogP contribution in [0.5, 0.6) is 5.75 Å². The summed E-state index contributed by atoms with van der Waals surface area (Å²) < 4.78 is 5.41. The van der Waals surface area contributed by atoms with Gasteiger partial charge in [0.2, 0.25) is 0 Å².